The minimum Gasteiger partial charge on any atom is -0.354 e. The second-order valence-corrected chi connectivity index (χ2v) is 4.76. The average molecular weight is 263 g/mol. The first-order chi connectivity index (χ1) is 9.20. The number of carbonyl (C=O) groups excluding carboxylic acids is 1. The summed E-state index contributed by atoms with van der Waals surface area (Å²) in [7, 11) is 1.85. The first-order valence-corrected chi connectivity index (χ1v) is 6.76. The van der Waals surface area contributed by atoms with E-state index >= 15 is 0 Å². The maximum Gasteiger partial charge on any atom is 0.241 e. The van der Waals surface area contributed by atoms with Crippen molar-refractivity contribution in [2.75, 3.05) is 43.4 Å². The molecule has 0 saturated carbocycles. The van der Waals surface area contributed by atoms with Gasteiger partial charge in [0.15, 0.2) is 0 Å². The molecule has 0 radical (unpaired) electrons. The molecule has 0 aromatic carbocycles. The Bertz CT molecular complexity index is 437. The number of likely N-dealkylation sites (N-methyl/N-ethyl adjacent to an activating group) is 1. The highest BCUT2D eigenvalue weighted by molar-refractivity contribution is 5.81. The molecule has 0 spiro atoms. The molecule has 6 nitrogen and oxygen atoms in total. The molecule has 1 N–H and O–H groups in total. The normalized spacial score (nSPS) is 16.4. The van der Waals surface area contributed by atoms with E-state index in [9.17, 15) is 4.79 Å². The molecule has 1 saturated heterocycles. The molecule has 0 bridgehead atoms. The highest BCUT2D eigenvalue weighted by Crippen LogP contribution is 2.15. The molecule has 1 aromatic rings. The summed E-state index contributed by atoms with van der Waals surface area (Å²) in [6, 6.07) is 1.86. The molecule has 2 heterocycles. The highest BCUT2D eigenvalue weighted by atomic mass is 16.2. The van der Waals surface area contributed by atoms with E-state index in [0.717, 1.165) is 38.3 Å². The summed E-state index contributed by atoms with van der Waals surface area (Å²) in [6.07, 6.45) is 3.73. The molecule has 6 heteroatoms. The second-order valence-electron chi connectivity index (χ2n) is 4.76. The van der Waals surface area contributed by atoms with Gasteiger partial charge < -0.3 is 15.1 Å². The lowest BCUT2D eigenvalue weighted by molar-refractivity contribution is -0.127. The standard InChI is InChI=1S/C13H21N5O/c1-3-6-14-13-15-7-5-11(16-13)18-9-4-8-17(2)12(19)10-18/h5,7H,3-4,6,8-10H2,1-2H3,(H,14,15,16). The van der Waals surface area contributed by atoms with Crippen molar-refractivity contribution in [3.63, 3.8) is 0 Å². The summed E-state index contributed by atoms with van der Waals surface area (Å²) >= 11 is 0. The number of hydrogen-bond donors (Lipinski definition) is 1. The lowest BCUT2D eigenvalue weighted by Crippen LogP contribution is -2.34. The summed E-state index contributed by atoms with van der Waals surface area (Å²) in [5, 5.41) is 3.17. The lowest BCUT2D eigenvalue weighted by atomic mass is 10.4. The Balaban J connectivity index is 2.09. The second kappa shape index (κ2) is 6.36. The number of hydrogen-bond acceptors (Lipinski definition) is 5. The first-order valence-electron chi connectivity index (χ1n) is 6.76. The van der Waals surface area contributed by atoms with Crippen LogP contribution in [-0.4, -0.2) is 54.0 Å². The molecular weight excluding hydrogens is 242 g/mol. The SMILES string of the molecule is CCCNc1nccc(N2CCCN(C)C(=O)C2)n1. The van der Waals surface area contributed by atoms with E-state index in [2.05, 4.69) is 22.2 Å². The third-order valence-electron chi connectivity index (χ3n) is 3.17. The van der Waals surface area contributed by atoms with Crippen LogP contribution in [0.1, 0.15) is 19.8 Å². The summed E-state index contributed by atoms with van der Waals surface area (Å²) < 4.78 is 0. The molecular formula is C13H21N5O. The smallest absolute Gasteiger partial charge is 0.241 e. The third kappa shape index (κ3) is 3.56. The van der Waals surface area contributed by atoms with Crippen molar-refractivity contribution in [3.8, 4) is 0 Å². The molecule has 0 aliphatic carbocycles. The van der Waals surface area contributed by atoms with Crippen molar-refractivity contribution in [1.82, 2.24) is 14.9 Å². The van der Waals surface area contributed by atoms with Crippen molar-refractivity contribution in [2.24, 2.45) is 0 Å². The van der Waals surface area contributed by atoms with Crippen LogP contribution in [0.4, 0.5) is 11.8 Å². The Kier molecular flexibility index (Phi) is 4.54. The minimum absolute atomic E-state index is 0.138. The lowest BCUT2D eigenvalue weighted by Gasteiger charge is -2.21. The number of amides is 1. The quantitative estimate of drug-likeness (QED) is 0.877. The van der Waals surface area contributed by atoms with E-state index in [-0.39, 0.29) is 5.91 Å². The number of aromatic nitrogens is 2. The number of nitrogens with zero attached hydrogens (tertiary/aromatic N) is 4. The zero-order chi connectivity index (χ0) is 13.7. The van der Waals surface area contributed by atoms with Crippen LogP contribution in [0.5, 0.6) is 0 Å². The van der Waals surface area contributed by atoms with Gasteiger partial charge >= 0.3 is 0 Å². The largest absolute Gasteiger partial charge is 0.354 e. The van der Waals surface area contributed by atoms with E-state index in [4.69, 9.17) is 0 Å². The van der Waals surface area contributed by atoms with E-state index in [1.54, 1.807) is 11.1 Å². The van der Waals surface area contributed by atoms with E-state index in [1.807, 2.05) is 18.0 Å². The van der Waals surface area contributed by atoms with Crippen LogP contribution < -0.4 is 10.2 Å². The Morgan fingerprint density at radius 3 is 3.05 bits per heavy atom. The van der Waals surface area contributed by atoms with Crippen LogP contribution >= 0.6 is 0 Å². The third-order valence-corrected chi connectivity index (χ3v) is 3.17. The molecule has 1 fully saturated rings. The number of anilines is 2. The van der Waals surface area contributed by atoms with Crippen LogP contribution in [0.25, 0.3) is 0 Å². The van der Waals surface area contributed by atoms with Crippen LogP contribution in [0.2, 0.25) is 0 Å². The van der Waals surface area contributed by atoms with Crippen molar-refractivity contribution in [1.29, 1.82) is 0 Å². The fourth-order valence-corrected chi connectivity index (χ4v) is 2.03. The van der Waals surface area contributed by atoms with Crippen LogP contribution in [0.15, 0.2) is 12.3 Å². The molecule has 1 aliphatic heterocycles. The van der Waals surface area contributed by atoms with Gasteiger partial charge in [0.25, 0.3) is 0 Å². The van der Waals surface area contributed by atoms with Crippen molar-refractivity contribution >= 4 is 17.7 Å². The van der Waals surface area contributed by atoms with Gasteiger partial charge in [-0.2, -0.15) is 4.98 Å². The molecule has 19 heavy (non-hydrogen) atoms. The van der Waals surface area contributed by atoms with E-state index in [0.29, 0.717) is 12.5 Å². The molecule has 1 aromatic heterocycles. The maximum absolute atomic E-state index is 11.9. The maximum atomic E-state index is 11.9. The average Bonchev–Trinajstić information content (AvgIpc) is 2.59. The Morgan fingerprint density at radius 2 is 2.26 bits per heavy atom. The Labute approximate surface area is 113 Å². The highest BCUT2D eigenvalue weighted by Gasteiger charge is 2.20. The zero-order valence-corrected chi connectivity index (χ0v) is 11.6. The Morgan fingerprint density at radius 1 is 1.42 bits per heavy atom. The van der Waals surface area contributed by atoms with Crippen molar-refractivity contribution < 1.29 is 4.79 Å². The fraction of sp³-hybridized carbons (Fsp3) is 0.615. The summed E-state index contributed by atoms with van der Waals surface area (Å²) in [5.74, 6) is 1.58. The summed E-state index contributed by atoms with van der Waals surface area (Å²) in [4.78, 5) is 24.3. The van der Waals surface area contributed by atoms with Crippen LogP contribution in [0.3, 0.4) is 0 Å². The van der Waals surface area contributed by atoms with E-state index in [1.165, 1.54) is 0 Å². The van der Waals surface area contributed by atoms with Crippen LogP contribution in [-0.2, 0) is 4.79 Å². The van der Waals surface area contributed by atoms with Gasteiger partial charge in [-0.25, -0.2) is 4.98 Å². The van der Waals surface area contributed by atoms with Gasteiger partial charge in [0.05, 0.1) is 6.54 Å². The van der Waals surface area contributed by atoms with Gasteiger partial charge in [-0.05, 0) is 18.9 Å². The summed E-state index contributed by atoms with van der Waals surface area (Å²) in [5.41, 5.74) is 0. The summed E-state index contributed by atoms with van der Waals surface area (Å²) in [6.45, 7) is 4.99. The molecule has 1 aliphatic rings. The fourth-order valence-electron chi connectivity index (χ4n) is 2.03. The van der Waals surface area contributed by atoms with Crippen molar-refractivity contribution in [2.45, 2.75) is 19.8 Å². The van der Waals surface area contributed by atoms with Gasteiger partial charge in [-0.15, -0.1) is 0 Å². The monoisotopic (exact) mass is 263 g/mol. The van der Waals surface area contributed by atoms with Gasteiger partial charge in [0, 0.05) is 32.9 Å². The molecule has 0 unspecified atom stereocenters. The first kappa shape index (κ1) is 13.6. The predicted octanol–water partition coefficient (Wildman–Crippen LogP) is 0.967. The predicted molar refractivity (Wildman–Crippen MR) is 75.3 cm³/mol. The Hall–Kier alpha value is -1.85. The molecule has 0 atom stereocenters. The van der Waals surface area contributed by atoms with Gasteiger partial charge in [-0.1, -0.05) is 6.92 Å². The van der Waals surface area contributed by atoms with Gasteiger partial charge in [-0.3, -0.25) is 4.79 Å². The van der Waals surface area contributed by atoms with Gasteiger partial charge in [0.1, 0.15) is 5.82 Å². The van der Waals surface area contributed by atoms with Crippen molar-refractivity contribution in [3.05, 3.63) is 12.3 Å². The molecule has 2 rings (SSSR count). The number of nitrogens with one attached hydrogen (secondary N) is 1. The number of rotatable bonds is 4. The minimum atomic E-state index is 0.138. The van der Waals surface area contributed by atoms with Gasteiger partial charge in [0.2, 0.25) is 11.9 Å². The van der Waals surface area contributed by atoms with Crippen LogP contribution in [0, 0.1) is 0 Å². The zero-order valence-electron chi connectivity index (χ0n) is 11.6. The molecule has 1 amide bonds. The topological polar surface area (TPSA) is 61.4 Å². The van der Waals surface area contributed by atoms with E-state index < -0.39 is 0 Å². The molecule has 104 valence electrons. The number of carbonyl (C=O) groups is 1.